The number of aromatic nitrogens is 2. The molecular formula is C29H35ClN4O2S. The number of methoxy groups -OCH3 is 1. The summed E-state index contributed by atoms with van der Waals surface area (Å²) in [6.07, 6.45) is 8.26. The number of benzene rings is 1. The fourth-order valence-corrected chi connectivity index (χ4v) is 6.52. The second-order valence-electron chi connectivity index (χ2n) is 9.94. The smallest absolute Gasteiger partial charge is 0.174 e. The zero-order valence-corrected chi connectivity index (χ0v) is 23.3. The minimum atomic E-state index is -0.0922. The maximum absolute atomic E-state index is 6.67. The Bertz CT molecular complexity index is 1240. The zero-order chi connectivity index (χ0) is 25.9. The van der Waals surface area contributed by atoms with Gasteiger partial charge in [-0.05, 0) is 80.9 Å². The fraction of sp³-hybridized carbons (Fsp3) is 0.448. The monoisotopic (exact) mass is 538 g/mol. The molecule has 6 nitrogen and oxygen atoms in total. The summed E-state index contributed by atoms with van der Waals surface area (Å²) >= 11 is 12.6. The average Bonchev–Trinajstić information content (AvgIpc) is 3.41. The van der Waals surface area contributed by atoms with Crippen molar-refractivity contribution in [1.29, 1.82) is 0 Å². The molecule has 5 rings (SSSR count). The first kappa shape index (κ1) is 26.0. The SMILES string of the molecule is COCCOc1ccc(N2C(=S)N[C@@H](c3ccccn3)[C@@H]2c2cc(C)n(C3CCCCC3)c2C)cc1Cl. The largest absolute Gasteiger partial charge is 0.490 e. The van der Waals surface area contributed by atoms with Crippen LogP contribution in [0.25, 0.3) is 0 Å². The van der Waals surface area contributed by atoms with Gasteiger partial charge in [0, 0.05) is 36.4 Å². The van der Waals surface area contributed by atoms with Gasteiger partial charge in [-0.1, -0.05) is 36.9 Å². The van der Waals surface area contributed by atoms with E-state index in [1.807, 2.05) is 36.5 Å². The number of pyridine rings is 1. The minimum Gasteiger partial charge on any atom is -0.490 e. The Kier molecular flexibility index (Phi) is 8.03. The van der Waals surface area contributed by atoms with Crippen LogP contribution in [-0.2, 0) is 4.74 Å². The topological polar surface area (TPSA) is 51.6 Å². The first-order chi connectivity index (χ1) is 18.0. The number of nitrogens with one attached hydrogen (secondary N) is 1. The lowest BCUT2D eigenvalue weighted by molar-refractivity contribution is 0.146. The summed E-state index contributed by atoms with van der Waals surface area (Å²) in [5.41, 5.74) is 5.76. The molecule has 3 heterocycles. The van der Waals surface area contributed by atoms with E-state index in [-0.39, 0.29) is 12.1 Å². The molecule has 2 fully saturated rings. The van der Waals surface area contributed by atoms with Crippen LogP contribution in [0, 0.1) is 13.8 Å². The number of rotatable bonds is 8. The second-order valence-corrected chi connectivity index (χ2v) is 10.7. The molecule has 0 bridgehead atoms. The predicted molar refractivity (Wildman–Crippen MR) is 153 cm³/mol. The molecule has 8 heteroatoms. The minimum absolute atomic E-state index is 0.0673. The fourth-order valence-electron chi connectivity index (χ4n) is 5.94. The Hall–Kier alpha value is -2.61. The molecule has 1 aliphatic carbocycles. The third kappa shape index (κ3) is 5.22. The quantitative estimate of drug-likeness (QED) is 0.250. The number of aryl methyl sites for hydroxylation is 1. The molecule has 2 aromatic heterocycles. The van der Waals surface area contributed by atoms with Gasteiger partial charge in [-0.3, -0.25) is 4.98 Å². The molecule has 1 aliphatic heterocycles. The summed E-state index contributed by atoms with van der Waals surface area (Å²) in [5, 5.41) is 4.78. The Morgan fingerprint density at radius 3 is 2.59 bits per heavy atom. The van der Waals surface area contributed by atoms with Crippen molar-refractivity contribution in [3.05, 3.63) is 76.3 Å². The standard InChI is InChI=1S/C29H35ClN4O2S/c1-19-17-23(20(2)33(19)21-9-5-4-6-10-21)28-27(25-11-7-8-14-31-25)32-29(37)34(28)22-12-13-26(24(30)18-22)36-16-15-35-3/h7-8,11-14,17-18,21,27-28H,4-6,9-10,15-16H2,1-3H3,(H,32,37)/t27-,28-/m0/s1. The van der Waals surface area contributed by atoms with Crippen LogP contribution in [0.2, 0.25) is 5.02 Å². The summed E-state index contributed by atoms with van der Waals surface area (Å²) in [5.74, 6) is 0.633. The van der Waals surface area contributed by atoms with Gasteiger partial charge in [0.25, 0.3) is 0 Å². The molecule has 0 radical (unpaired) electrons. The highest BCUT2D eigenvalue weighted by Gasteiger charge is 2.42. The number of nitrogens with zero attached hydrogens (tertiary/aromatic N) is 3. The Morgan fingerprint density at radius 2 is 1.89 bits per heavy atom. The van der Waals surface area contributed by atoms with Crippen LogP contribution in [0.4, 0.5) is 5.69 Å². The summed E-state index contributed by atoms with van der Waals surface area (Å²) in [6.45, 7) is 5.43. The van der Waals surface area contributed by atoms with Crippen molar-refractivity contribution in [2.75, 3.05) is 25.2 Å². The summed E-state index contributed by atoms with van der Waals surface area (Å²) in [6, 6.07) is 14.7. The number of halogens is 1. The first-order valence-electron chi connectivity index (χ1n) is 13.1. The van der Waals surface area contributed by atoms with Crippen molar-refractivity contribution in [2.24, 2.45) is 0 Å². The van der Waals surface area contributed by atoms with Crippen molar-refractivity contribution in [2.45, 2.75) is 64.1 Å². The molecule has 1 aromatic carbocycles. The van der Waals surface area contributed by atoms with E-state index in [4.69, 9.17) is 38.3 Å². The number of hydrogen-bond acceptors (Lipinski definition) is 4. The van der Waals surface area contributed by atoms with Crippen LogP contribution in [-0.4, -0.2) is 35.0 Å². The molecule has 0 amide bonds. The molecule has 196 valence electrons. The van der Waals surface area contributed by atoms with Crippen LogP contribution in [0.15, 0.2) is 48.7 Å². The lowest BCUT2D eigenvalue weighted by atomic mass is 9.94. The van der Waals surface area contributed by atoms with E-state index in [2.05, 4.69) is 40.8 Å². The van der Waals surface area contributed by atoms with Crippen molar-refractivity contribution in [3.8, 4) is 5.75 Å². The van der Waals surface area contributed by atoms with E-state index in [0.717, 1.165) is 11.4 Å². The van der Waals surface area contributed by atoms with Gasteiger partial charge < -0.3 is 24.3 Å². The van der Waals surface area contributed by atoms with Gasteiger partial charge in [0.15, 0.2) is 5.11 Å². The van der Waals surface area contributed by atoms with Gasteiger partial charge in [0.1, 0.15) is 12.4 Å². The average molecular weight is 539 g/mol. The van der Waals surface area contributed by atoms with E-state index in [1.165, 1.54) is 49.1 Å². The molecule has 37 heavy (non-hydrogen) atoms. The lowest BCUT2D eigenvalue weighted by Crippen LogP contribution is -2.29. The summed E-state index contributed by atoms with van der Waals surface area (Å²) in [7, 11) is 1.65. The molecule has 3 aromatic rings. The zero-order valence-electron chi connectivity index (χ0n) is 21.7. The first-order valence-corrected chi connectivity index (χ1v) is 13.9. The van der Waals surface area contributed by atoms with Crippen LogP contribution < -0.4 is 15.0 Å². The highest BCUT2D eigenvalue weighted by molar-refractivity contribution is 7.80. The number of ether oxygens (including phenoxy) is 2. The van der Waals surface area contributed by atoms with E-state index in [1.54, 1.807) is 7.11 Å². The van der Waals surface area contributed by atoms with Gasteiger partial charge in [-0.2, -0.15) is 0 Å². The molecule has 0 unspecified atom stereocenters. The van der Waals surface area contributed by atoms with Gasteiger partial charge in [-0.15, -0.1) is 0 Å². The Morgan fingerprint density at radius 1 is 1.08 bits per heavy atom. The number of anilines is 1. The molecule has 1 N–H and O–H groups in total. The number of thiocarbonyl (C=S) groups is 1. The van der Waals surface area contributed by atoms with E-state index < -0.39 is 0 Å². The molecule has 2 atom stereocenters. The number of hydrogen-bond donors (Lipinski definition) is 1. The van der Waals surface area contributed by atoms with Gasteiger partial charge >= 0.3 is 0 Å². The lowest BCUT2D eigenvalue weighted by Gasteiger charge is -2.30. The molecule has 1 saturated heterocycles. The molecule has 2 aliphatic rings. The van der Waals surface area contributed by atoms with Crippen molar-refractivity contribution >= 4 is 34.6 Å². The van der Waals surface area contributed by atoms with Crippen LogP contribution in [0.5, 0.6) is 5.75 Å². The predicted octanol–water partition coefficient (Wildman–Crippen LogP) is 6.86. The maximum Gasteiger partial charge on any atom is 0.174 e. The van der Waals surface area contributed by atoms with Gasteiger partial charge in [-0.25, -0.2) is 0 Å². The van der Waals surface area contributed by atoms with Crippen LogP contribution in [0.3, 0.4) is 0 Å². The van der Waals surface area contributed by atoms with E-state index in [0.29, 0.717) is 35.1 Å². The highest BCUT2D eigenvalue weighted by Crippen LogP contribution is 2.45. The van der Waals surface area contributed by atoms with E-state index in [9.17, 15) is 0 Å². The van der Waals surface area contributed by atoms with Gasteiger partial charge in [0.05, 0.1) is 29.4 Å². The Labute approximate surface area is 229 Å². The third-order valence-corrected chi connectivity index (χ3v) is 8.23. The van der Waals surface area contributed by atoms with Crippen molar-refractivity contribution in [3.63, 3.8) is 0 Å². The van der Waals surface area contributed by atoms with Crippen LogP contribution >= 0.6 is 23.8 Å². The van der Waals surface area contributed by atoms with Crippen LogP contribution in [0.1, 0.15) is 72.9 Å². The van der Waals surface area contributed by atoms with E-state index >= 15 is 0 Å². The summed E-state index contributed by atoms with van der Waals surface area (Å²) < 4.78 is 13.4. The van der Waals surface area contributed by atoms with Crippen molar-refractivity contribution in [1.82, 2.24) is 14.9 Å². The molecular weight excluding hydrogens is 504 g/mol. The van der Waals surface area contributed by atoms with Gasteiger partial charge in [0.2, 0.25) is 0 Å². The molecule has 1 saturated carbocycles. The highest BCUT2D eigenvalue weighted by atomic mass is 35.5. The maximum atomic E-state index is 6.67. The summed E-state index contributed by atoms with van der Waals surface area (Å²) in [4.78, 5) is 6.89. The third-order valence-electron chi connectivity index (χ3n) is 7.62. The normalized spacial score (nSPS) is 20.3. The second kappa shape index (κ2) is 11.4. The Balaban J connectivity index is 1.56. The molecule has 0 spiro atoms. The van der Waals surface area contributed by atoms with Crippen molar-refractivity contribution < 1.29 is 9.47 Å².